The van der Waals surface area contributed by atoms with Crippen molar-refractivity contribution in [1.82, 2.24) is 4.90 Å². The first-order valence-electron chi connectivity index (χ1n) is 6.32. The van der Waals surface area contributed by atoms with Crippen molar-refractivity contribution in [2.75, 3.05) is 33.9 Å². The average Bonchev–Trinajstić information content (AvgIpc) is 2.82. The quantitative estimate of drug-likeness (QED) is 0.751. The maximum atomic E-state index is 11.6. The summed E-state index contributed by atoms with van der Waals surface area (Å²) in [6.07, 6.45) is 0.891. The van der Waals surface area contributed by atoms with E-state index in [1.165, 1.54) is 0 Å². The fourth-order valence-corrected chi connectivity index (χ4v) is 2.02. The van der Waals surface area contributed by atoms with Gasteiger partial charge in [0.25, 0.3) is 0 Å². The highest BCUT2D eigenvalue weighted by molar-refractivity contribution is 5.71. The van der Waals surface area contributed by atoms with Crippen molar-refractivity contribution in [3.63, 3.8) is 0 Å². The first-order valence-corrected chi connectivity index (χ1v) is 6.32. The Kier molecular flexibility index (Phi) is 4.63. The van der Waals surface area contributed by atoms with Crippen molar-refractivity contribution in [2.45, 2.75) is 12.5 Å². The zero-order chi connectivity index (χ0) is 13.7. The molecule has 1 aliphatic heterocycles. The molecule has 0 N–H and O–H groups in total. The third kappa shape index (κ3) is 4.13. The molecule has 0 aromatic heterocycles. The van der Waals surface area contributed by atoms with Crippen LogP contribution in [0.2, 0.25) is 0 Å². The van der Waals surface area contributed by atoms with Gasteiger partial charge in [0.1, 0.15) is 17.6 Å². The van der Waals surface area contributed by atoms with E-state index in [2.05, 4.69) is 4.90 Å². The third-order valence-electron chi connectivity index (χ3n) is 3.06. The maximum Gasteiger partial charge on any atom is 0.344 e. The summed E-state index contributed by atoms with van der Waals surface area (Å²) in [6.45, 7) is 1.71. The lowest BCUT2D eigenvalue weighted by Crippen LogP contribution is -2.25. The molecule has 1 unspecified atom stereocenters. The van der Waals surface area contributed by atoms with Crippen molar-refractivity contribution < 1.29 is 19.0 Å². The number of methoxy groups -OCH3 is 1. The maximum absolute atomic E-state index is 11.6. The van der Waals surface area contributed by atoms with E-state index in [1.807, 2.05) is 7.05 Å². The number of likely N-dealkylation sites (N-methyl/N-ethyl adjacent to an activating group) is 1. The van der Waals surface area contributed by atoms with Gasteiger partial charge in [-0.1, -0.05) is 0 Å². The van der Waals surface area contributed by atoms with Crippen LogP contribution in [-0.2, 0) is 9.53 Å². The Morgan fingerprint density at radius 3 is 2.58 bits per heavy atom. The highest BCUT2D eigenvalue weighted by atomic mass is 16.6. The molecule has 0 spiro atoms. The fourth-order valence-electron chi connectivity index (χ4n) is 2.02. The molecule has 1 heterocycles. The number of likely N-dealkylation sites (tertiary alicyclic amines) is 1. The van der Waals surface area contributed by atoms with E-state index in [0.717, 1.165) is 25.3 Å². The first kappa shape index (κ1) is 13.7. The predicted octanol–water partition coefficient (Wildman–Crippen LogP) is 1.32. The van der Waals surface area contributed by atoms with Gasteiger partial charge in [-0.3, -0.25) is 0 Å². The zero-order valence-corrected chi connectivity index (χ0v) is 11.3. The van der Waals surface area contributed by atoms with Crippen LogP contribution in [0.4, 0.5) is 0 Å². The van der Waals surface area contributed by atoms with Crippen molar-refractivity contribution >= 4 is 5.97 Å². The van der Waals surface area contributed by atoms with Gasteiger partial charge in [0, 0.05) is 13.1 Å². The van der Waals surface area contributed by atoms with Crippen molar-refractivity contribution in [2.24, 2.45) is 0 Å². The lowest BCUT2D eigenvalue weighted by molar-refractivity contribution is -0.150. The van der Waals surface area contributed by atoms with E-state index in [-0.39, 0.29) is 18.7 Å². The summed E-state index contributed by atoms with van der Waals surface area (Å²) in [6, 6.07) is 7.09. The molecule has 5 heteroatoms. The van der Waals surface area contributed by atoms with E-state index in [0.29, 0.717) is 5.75 Å². The average molecular weight is 265 g/mol. The number of nitrogens with zero attached hydrogens (tertiary/aromatic N) is 1. The van der Waals surface area contributed by atoms with Gasteiger partial charge in [-0.25, -0.2) is 4.79 Å². The van der Waals surface area contributed by atoms with Crippen LogP contribution < -0.4 is 9.47 Å². The second-order valence-electron chi connectivity index (χ2n) is 4.63. The van der Waals surface area contributed by atoms with Crippen LogP contribution in [0, 0.1) is 0 Å². The van der Waals surface area contributed by atoms with Gasteiger partial charge in [-0.05, 0) is 37.7 Å². The number of hydrogen-bond donors (Lipinski definition) is 0. The summed E-state index contributed by atoms with van der Waals surface area (Å²) in [7, 11) is 3.62. The summed E-state index contributed by atoms with van der Waals surface area (Å²) < 4.78 is 15.7. The summed E-state index contributed by atoms with van der Waals surface area (Å²) in [5.74, 6) is 1.06. The number of rotatable bonds is 5. The van der Waals surface area contributed by atoms with Crippen molar-refractivity contribution in [3.8, 4) is 11.5 Å². The summed E-state index contributed by atoms with van der Waals surface area (Å²) in [5, 5.41) is 0. The zero-order valence-electron chi connectivity index (χ0n) is 11.3. The Morgan fingerprint density at radius 1 is 1.32 bits per heavy atom. The lowest BCUT2D eigenvalue weighted by atomic mass is 10.3. The summed E-state index contributed by atoms with van der Waals surface area (Å²) >= 11 is 0. The van der Waals surface area contributed by atoms with Crippen LogP contribution in [0.3, 0.4) is 0 Å². The van der Waals surface area contributed by atoms with Gasteiger partial charge in [0.15, 0.2) is 6.61 Å². The standard InChI is InChI=1S/C14H19NO4/c1-15-8-7-13(9-15)19-14(16)10-18-12-5-3-11(17-2)4-6-12/h3-6,13H,7-10H2,1-2H3. The minimum Gasteiger partial charge on any atom is -0.497 e. The van der Waals surface area contributed by atoms with E-state index >= 15 is 0 Å². The Balaban J connectivity index is 1.73. The first-order chi connectivity index (χ1) is 9.17. The van der Waals surface area contributed by atoms with Gasteiger partial charge in [0.05, 0.1) is 7.11 Å². The number of carbonyl (C=O) groups excluding carboxylic acids is 1. The highest BCUT2D eigenvalue weighted by Crippen LogP contribution is 2.17. The van der Waals surface area contributed by atoms with E-state index in [9.17, 15) is 4.79 Å². The van der Waals surface area contributed by atoms with Gasteiger partial charge in [-0.15, -0.1) is 0 Å². The van der Waals surface area contributed by atoms with E-state index in [1.54, 1.807) is 31.4 Å². The number of hydrogen-bond acceptors (Lipinski definition) is 5. The Bertz CT molecular complexity index is 418. The monoisotopic (exact) mass is 265 g/mol. The van der Waals surface area contributed by atoms with Crippen LogP contribution in [0.25, 0.3) is 0 Å². The van der Waals surface area contributed by atoms with Crippen molar-refractivity contribution in [1.29, 1.82) is 0 Å². The molecule has 0 aliphatic carbocycles. The second kappa shape index (κ2) is 6.43. The molecule has 1 fully saturated rings. The normalized spacial score (nSPS) is 19.2. The number of benzene rings is 1. The van der Waals surface area contributed by atoms with Crippen LogP contribution in [0.15, 0.2) is 24.3 Å². The predicted molar refractivity (Wildman–Crippen MR) is 70.5 cm³/mol. The number of esters is 1. The van der Waals surface area contributed by atoms with Gasteiger partial charge in [-0.2, -0.15) is 0 Å². The molecule has 1 aromatic rings. The molecular formula is C14H19NO4. The minimum absolute atomic E-state index is 0.00281. The van der Waals surface area contributed by atoms with Crippen LogP contribution in [0.5, 0.6) is 11.5 Å². The molecule has 0 bridgehead atoms. The Labute approximate surface area is 113 Å². The van der Waals surface area contributed by atoms with Crippen LogP contribution in [-0.4, -0.2) is 50.8 Å². The molecule has 1 atom stereocenters. The Morgan fingerprint density at radius 2 is 2.00 bits per heavy atom. The molecule has 5 nitrogen and oxygen atoms in total. The lowest BCUT2D eigenvalue weighted by Gasteiger charge is -2.12. The van der Waals surface area contributed by atoms with Crippen molar-refractivity contribution in [3.05, 3.63) is 24.3 Å². The molecule has 0 amide bonds. The van der Waals surface area contributed by atoms with E-state index in [4.69, 9.17) is 14.2 Å². The molecule has 104 valence electrons. The SMILES string of the molecule is COc1ccc(OCC(=O)OC2CCN(C)C2)cc1. The van der Waals surface area contributed by atoms with Gasteiger partial charge in [0.2, 0.25) is 0 Å². The van der Waals surface area contributed by atoms with E-state index < -0.39 is 0 Å². The fraction of sp³-hybridized carbons (Fsp3) is 0.500. The third-order valence-corrected chi connectivity index (χ3v) is 3.06. The smallest absolute Gasteiger partial charge is 0.344 e. The second-order valence-corrected chi connectivity index (χ2v) is 4.63. The molecule has 0 radical (unpaired) electrons. The highest BCUT2D eigenvalue weighted by Gasteiger charge is 2.22. The Hall–Kier alpha value is -1.75. The van der Waals surface area contributed by atoms with Gasteiger partial charge >= 0.3 is 5.97 Å². The van der Waals surface area contributed by atoms with Crippen LogP contribution in [0.1, 0.15) is 6.42 Å². The molecule has 0 saturated carbocycles. The van der Waals surface area contributed by atoms with Crippen LogP contribution >= 0.6 is 0 Å². The molecule has 1 saturated heterocycles. The molecule has 2 rings (SSSR count). The molecule has 19 heavy (non-hydrogen) atoms. The number of carbonyl (C=O) groups is 1. The number of ether oxygens (including phenoxy) is 3. The largest absolute Gasteiger partial charge is 0.497 e. The minimum atomic E-state index is -0.323. The molecular weight excluding hydrogens is 246 g/mol. The summed E-state index contributed by atoms with van der Waals surface area (Å²) in [4.78, 5) is 13.8. The van der Waals surface area contributed by atoms with Gasteiger partial charge < -0.3 is 19.1 Å². The molecule has 1 aromatic carbocycles. The topological polar surface area (TPSA) is 48.0 Å². The summed E-state index contributed by atoms with van der Waals surface area (Å²) in [5.41, 5.74) is 0. The molecule has 1 aliphatic rings.